The minimum Gasteiger partial charge on any atom is -0.376 e. The molecule has 1 atom stereocenters. The maximum absolute atomic E-state index is 5.87. The molecule has 1 aromatic heterocycles. The Morgan fingerprint density at radius 1 is 1.44 bits per heavy atom. The van der Waals surface area contributed by atoms with E-state index in [1.165, 1.54) is 36.1 Å². The zero-order valence-electron chi connectivity index (χ0n) is 10.4. The SMILES string of the molecule is CNC(c1ccsc1C)C1(OC)CCCC1. The normalized spacial score (nSPS) is 21.2. The van der Waals surface area contributed by atoms with Crippen molar-refractivity contribution in [3.8, 4) is 0 Å². The second-order valence-corrected chi connectivity index (χ2v) is 5.75. The van der Waals surface area contributed by atoms with Crippen molar-refractivity contribution in [3.63, 3.8) is 0 Å². The third-order valence-corrected chi connectivity index (χ3v) is 4.74. The molecular formula is C13H21NOS. The molecule has 3 heteroatoms. The molecule has 1 aliphatic carbocycles. The Morgan fingerprint density at radius 3 is 2.56 bits per heavy atom. The number of hydrogen-bond donors (Lipinski definition) is 1. The fourth-order valence-corrected chi connectivity index (χ4v) is 3.72. The largest absolute Gasteiger partial charge is 0.376 e. The summed E-state index contributed by atoms with van der Waals surface area (Å²) in [6.45, 7) is 2.20. The van der Waals surface area contributed by atoms with E-state index in [9.17, 15) is 0 Å². The van der Waals surface area contributed by atoms with E-state index >= 15 is 0 Å². The molecule has 2 nitrogen and oxygen atoms in total. The second kappa shape index (κ2) is 4.86. The second-order valence-electron chi connectivity index (χ2n) is 4.63. The van der Waals surface area contributed by atoms with E-state index in [0.29, 0.717) is 6.04 Å². The first-order chi connectivity index (χ1) is 7.73. The van der Waals surface area contributed by atoms with Crippen molar-refractivity contribution in [1.29, 1.82) is 0 Å². The highest BCUT2D eigenvalue weighted by molar-refractivity contribution is 7.10. The molecule has 0 aliphatic heterocycles. The number of likely N-dealkylation sites (N-methyl/N-ethyl adjacent to an activating group) is 1. The molecule has 1 fully saturated rings. The standard InChI is InChI=1S/C13H21NOS/c1-10-11(6-9-16-10)12(14-2)13(15-3)7-4-5-8-13/h6,9,12,14H,4-5,7-8H2,1-3H3. The molecule has 0 saturated heterocycles. The molecule has 1 aliphatic rings. The van der Waals surface area contributed by atoms with Crippen LogP contribution in [0, 0.1) is 6.92 Å². The fraction of sp³-hybridized carbons (Fsp3) is 0.692. The lowest BCUT2D eigenvalue weighted by molar-refractivity contribution is -0.0349. The van der Waals surface area contributed by atoms with Crippen molar-refractivity contribution >= 4 is 11.3 Å². The molecule has 0 radical (unpaired) electrons. The Balaban J connectivity index is 2.31. The summed E-state index contributed by atoms with van der Waals surface area (Å²) in [5.74, 6) is 0. The van der Waals surface area contributed by atoms with Gasteiger partial charge in [0.15, 0.2) is 0 Å². The van der Waals surface area contributed by atoms with Gasteiger partial charge in [0.1, 0.15) is 0 Å². The molecule has 1 saturated carbocycles. The topological polar surface area (TPSA) is 21.3 Å². The summed E-state index contributed by atoms with van der Waals surface area (Å²) in [5.41, 5.74) is 1.43. The summed E-state index contributed by atoms with van der Waals surface area (Å²) in [6, 6.07) is 2.58. The number of methoxy groups -OCH3 is 1. The average Bonchev–Trinajstić information content (AvgIpc) is 2.91. The van der Waals surface area contributed by atoms with E-state index in [0.717, 1.165) is 0 Å². The average molecular weight is 239 g/mol. The minimum atomic E-state index is 0.0145. The van der Waals surface area contributed by atoms with Gasteiger partial charge in [-0.05, 0) is 43.8 Å². The van der Waals surface area contributed by atoms with E-state index in [2.05, 4.69) is 23.7 Å². The summed E-state index contributed by atoms with van der Waals surface area (Å²) >= 11 is 1.82. The van der Waals surface area contributed by atoms with Gasteiger partial charge >= 0.3 is 0 Å². The molecule has 1 N–H and O–H groups in total. The number of hydrogen-bond acceptors (Lipinski definition) is 3. The number of nitrogens with one attached hydrogen (secondary N) is 1. The molecule has 1 unspecified atom stereocenters. The smallest absolute Gasteiger partial charge is 0.0872 e. The lowest BCUT2D eigenvalue weighted by Gasteiger charge is -2.36. The van der Waals surface area contributed by atoms with Crippen molar-refractivity contribution in [2.45, 2.75) is 44.2 Å². The molecule has 1 aromatic rings. The van der Waals surface area contributed by atoms with Crippen LogP contribution in [0.4, 0.5) is 0 Å². The zero-order chi connectivity index (χ0) is 11.6. The first-order valence-electron chi connectivity index (χ1n) is 6.00. The van der Waals surface area contributed by atoms with Gasteiger partial charge in [0.2, 0.25) is 0 Å². The first-order valence-corrected chi connectivity index (χ1v) is 6.88. The van der Waals surface area contributed by atoms with Crippen LogP contribution in [0.2, 0.25) is 0 Å². The fourth-order valence-electron chi connectivity index (χ4n) is 2.98. The van der Waals surface area contributed by atoms with Crippen LogP contribution in [0.5, 0.6) is 0 Å². The van der Waals surface area contributed by atoms with Gasteiger partial charge in [0.25, 0.3) is 0 Å². The van der Waals surface area contributed by atoms with E-state index in [4.69, 9.17) is 4.74 Å². The molecule has 0 amide bonds. The summed E-state index contributed by atoms with van der Waals surface area (Å²) in [5, 5.41) is 5.63. The van der Waals surface area contributed by atoms with Crippen LogP contribution in [-0.2, 0) is 4.74 Å². The number of thiophene rings is 1. The zero-order valence-corrected chi connectivity index (χ0v) is 11.2. The van der Waals surface area contributed by atoms with Gasteiger partial charge in [-0.3, -0.25) is 0 Å². The monoisotopic (exact) mass is 239 g/mol. The third kappa shape index (κ3) is 1.92. The predicted octanol–water partition coefficient (Wildman–Crippen LogP) is 3.28. The van der Waals surface area contributed by atoms with Crippen LogP contribution in [0.15, 0.2) is 11.4 Å². The van der Waals surface area contributed by atoms with Gasteiger partial charge in [-0.25, -0.2) is 0 Å². The van der Waals surface area contributed by atoms with Crippen LogP contribution in [0.3, 0.4) is 0 Å². The van der Waals surface area contributed by atoms with Crippen LogP contribution in [-0.4, -0.2) is 19.8 Å². The first kappa shape index (κ1) is 12.1. The van der Waals surface area contributed by atoms with E-state index in [1.54, 1.807) is 0 Å². The van der Waals surface area contributed by atoms with Crippen molar-refractivity contribution in [3.05, 3.63) is 21.9 Å². The molecule has 2 rings (SSSR count). The number of rotatable bonds is 4. The predicted molar refractivity (Wildman–Crippen MR) is 69.1 cm³/mol. The highest BCUT2D eigenvalue weighted by atomic mass is 32.1. The Kier molecular flexibility index (Phi) is 3.67. The molecule has 0 spiro atoms. The minimum absolute atomic E-state index is 0.0145. The van der Waals surface area contributed by atoms with Crippen molar-refractivity contribution in [2.75, 3.05) is 14.2 Å². The maximum Gasteiger partial charge on any atom is 0.0872 e. The molecule has 0 aromatic carbocycles. The number of ether oxygens (including phenoxy) is 1. The van der Waals surface area contributed by atoms with Gasteiger partial charge < -0.3 is 10.1 Å². The van der Waals surface area contributed by atoms with Crippen molar-refractivity contribution in [2.24, 2.45) is 0 Å². The van der Waals surface area contributed by atoms with Gasteiger partial charge in [-0.15, -0.1) is 11.3 Å². The lowest BCUT2D eigenvalue weighted by atomic mass is 9.87. The quantitative estimate of drug-likeness (QED) is 0.870. The van der Waals surface area contributed by atoms with Crippen LogP contribution < -0.4 is 5.32 Å². The van der Waals surface area contributed by atoms with Gasteiger partial charge in [0, 0.05) is 12.0 Å². The maximum atomic E-state index is 5.87. The van der Waals surface area contributed by atoms with Crippen molar-refractivity contribution < 1.29 is 4.74 Å². The van der Waals surface area contributed by atoms with Crippen LogP contribution >= 0.6 is 11.3 Å². The van der Waals surface area contributed by atoms with E-state index in [1.807, 2.05) is 25.5 Å². The third-order valence-electron chi connectivity index (χ3n) is 3.88. The summed E-state index contributed by atoms with van der Waals surface area (Å²) in [6.07, 6.45) is 4.92. The lowest BCUT2D eigenvalue weighted by Crippen LogP contribution is -2.42. The summed E-state index contributed by atoms with van der Waals surface area (Å²) < 4.78 is 5.87. The van der Waals surface area contributed by atoms with Crippen molar-refractivity contribution in [1.82, 2.24) is 5.32 Å². The summed E-state index contributed by atoms with van der Waals surface area (Å²) in [4.78, 5) is 1.41. The molecular weight excluding hydrogens is 218 g/mol. The molecule has 0 bridgehead atoms. The molecule has 90 valence electrons. The van der Waals surface area contributed by atoms with Crippen LogP contribution in [0.25, 0.3) is 0 Å². The van der Waals surface area contributed by atoms with Crippen LogP contribution in [0.1, 0.15) is 42.2 Å². The number of aryl methyl sites for hydroxylation is 1. The molecule has 1 heterocycles. The highest BCUT2D eigenvalue weighted by Gasteiger charge is 2.42. The summed E-state index contributed by atoms with van der Waals surface area (Å²) in [7, 11) is 3.90. The highest BCUT2D eigenvalue weighted by Crippen LogP contribution is 2.43. The molecule has 16 heavy (non-hydrogen) atoms. The van der Waals surface area contributed by atoms with Gasteiger partial charge in [-0.1, -0.05) is 12.8 Å². The Morgan fingerprint density at radius 2 is 2.12 bits per heavy atom. The Bertz CT molecular complexity index is 341. The van der Waals surface area contributed by atoms with Gasteiger partial charge in [0.05, 0.1) is 11.6 Å². The van der Waals surface area contributed by atoms with Gasteiger partial charge in [-0.2, -0.15) is 0 Å². The van der Waals surface area contributed by atoms with E-state index in [-0.39, 0.29) is 5.60 Å². The van der Waals surface area contributed by atoms with E-state index < -0.39 is 0 Å². The Labute approximate surface area is 102 Å². The Hall–Kier alpha value is -0.380.